The van der Waals surface area contributed by atoms with Crippen molar-refractivity contribution in [3.8, 4) is 11.5 Å². The molecule has 0 amide bonds. The summed E-state index contributed by atoms with van der Waals surface area (Å²) in [5.74, 6) is 1.80. The number of rotatable bonds is 5. The molecular weight excluding hydrogens is 340 g/mol. The van der Waals surface area contributed by atoms with Gasteiger partial charge in [0, 0.05) is 12.6 Å². The third-order valence-electron chi connectivity index (χ3n) is 5.35. The minimum atomic E-state index is -3.49. The quantitative estimate of drug-likeness (QED) is 0.870. The van der Waals surface area contributed by atoms with E-state index in [1.165, 1.54) is 0 Å². The van der Waals surface area contributed by atoms with Crippen molar-refractivity contribution in [2.45, 2.75) is 51.1 Å². The highest BCUT2D eigenvalue weighted by Crippen LogP contribution is 2.44. The SMILES string of the molecule is C[C@@H]1CCCCN1S(=O)(=O)N[C@@H](c1ccc2c(c1)OCCO2)C1CC1. The van der Waals surface area contributed by atoms with E-state index in [2.05, 4.69) is 4.72 Å². The summed E-state index contributed by atoms with van der Waals surface area (Å²) in [5.41, 5.74) is 0.958. The van der Waals surface area contributed by atoms with Crippen LogP contribution in [0.2, 0.25) is 0 Å². The molecule has 0 spiro atoms. The van der Waals surface area contributed by atoms with E-state index in [9.17, 15) is 8.42 Å². The van der Waals surface area contributed by atoms with Gasteiger partial charge in [-0.2, -0.15) is 17.4 Å². The summed E-state index contributed by atoms with van der Waals surface area (Å²) < 4.78 is 41.8. The van der Waals surface area contributed by atoms with Crippen molar-refractivity contribution in [1.29, 1.82) is 0 Å². The topological polar surface area (TPSA) is 67.9 Å². The Morgan fingerprint density at radius 1 is 1.12 bits per heavy atom. The molecule has 1 saturated carbocycles. The average molecular weight is 366 g/mol. The van der Waals surface area contributed by atoms with E-state index in [0.717, 1.165) is 43.4 Å². The van der Waals surface area contributed by atoms with E-state index in [1.54, 1.807) is 4.31 Å². The summed E-state index contributed by atoms with van der Waals surface area (Å²) in [6.45, 7) is 3.68. The Balaban J connectivity index is 1.57. The van der Waals surface area contributed by atoms with Crippen LogP contribution in [0.3, 0.4) is 0 Å². The highest BCUT2D eigenvalue weighted by Gasteiger charge is 2.38. The Hall–Kier alpha value is -1.31. The Kier molecular flexibility index (Phi) is 4.64. The van der Waals surface area contributed by atoms with E-state index in [-0.39, 0.29) is 12.1 Å². The van der Waals surface area contributed by atoms with Crippen LogP contribution in [0.15, 0.2) is 18.2 Å². The maximum Gasteiger partial charge on any atom is 0.280 e. The van der Waals surface area contributed by atoms with Crippen molar-refractivity contribution in [1.82, 2.24) is 9.03 Å². The Morgan fingerprint density at radius 3 is 2.60 bits per heavy atom. The van der Waals surface area contributed by atoms with E-state index in [1.807, 2.05) is 25.1 Å². The molecule has 1 saturated heterocycles. The van der Waals surface area contributed by atoms with Gasteiger partial charge >= 0.3 is 0 Å². The number of nitrogens with one attached hydrogen (secondary N) is 1. The monoisotopic (exact) mass is 366 g/mol. The summed E-state index contributed by atoms with van der Waals surface area (Å²) in [6, 6.07) is 5.64. The molecule has 1 aromatic carbocycles. The van der Waals surface area contributed by atoms with Crippen LogP contribution < -0.4 is 14.2 Å². The lowest BCUT2D eigenvalue weighted by molar-refractivity contribution is 0.171. The van der Waals surface area contributed by atoms with Crippen LogP contribution in [0.25, 0.3) is 0 Å². The lowest BCUT2D eigenvalue weighted by atomic mass is 10.0. The minimum Gasteiger partial charge on any atom is -0.486 e. The highest BCUT2D eigenvalue weighted by atomic mass is 32.2. The number of piperidine rings is 1. The van der Waals surface area contributed by atoms with Gasteiger partial charge in [-0.15, -0.1) is 0 Å². The van der Waals surface area contributed by atoms with E-state index in [4.69, 9.17) is 9.47 Å². The number of hydrogen-bond acceptors (Lipinski definition) is 4. The maximum absolute atomic E-state index is 13.0. The zero-order valence-corrected chi connectivity index (χ0v) is 15.4. The van der Waals surface area contributed by atoms with E-state index in [0.29, 0.717) is 31.4 Å². The summed E-state index contributed by atoms with van der Waals surface area (Å²) >= 11 is 0. The molecule has 2 aliphatic heterocycles. The molecule has 2 heterocycles. The fraction of sp³-hybridized carbons (Fsp3) is 0.667. The van der Waals surface area contributed by atoms with Gasteiger partial charge in [-0.05, 0) is 56.2 Å². The maximum atomic E-state index is 13.0. The van der Waals surface area contributed by atoms with Crippen LogP contribution >= 0.6 is 0 Å². The minimum absolute atomic E-state index is 0.0615. The summed E-state index contributed by atoms with van der Waals surface area (Å²) in [7, 11) is -3.49. The van der Waals surface area contributed by atoms with Gasteiger partial charge in [0.05, 0.1) is 6.04 Å². The van der Waals surface area contributed by atoms with Crippen LogP contribution in [-0.4, -0.2) is 38.5 Å². The lowest BCUT2D eigenvalue weighted by Gasteiger charge is -2.34. The molecule has 2 fully saturated rings. The predicted molar refractivity (Wildman–Crippen MR) is 95.0 cm³/mol. The van der Waals surface area contributed by atoms with Gasteiger partial charge in [0.1, 0.15) is 13.2 Å². The fourth-order valence-corrected chi connectivity index (χ4v) is 5.51. The standard InChI is InChI=1S/C18H26N2O4S/c1-13-4-2-3-9-20(13)25(21,22)19-18(14-5-6-14)15-7-8-16-17(12-15)24-11-10-23-16/h7-8,12-14,18-19H,2-6,9-11H2,1H3/t13-,18-/m1/s1. The predicted octanol–water partition coefficient (Wildman–Crippen LogP) is 2.62. The molecule has 0 radical (unpaired) electrons. The van der Waals surface area contributed by atoms with Gasteiger partial charge in [-0.1, -0.05) is 12.5 Å². The number of ether oxygens (including phenoxy) is 2. The molecule has 6 nitrogen and oxygen atoms in total. The van der Waals surface area contributed by atoms with Crippen LogP contribution in [0, 0.1) is 5.92 Å². The van der Waals surface area contributed by atoms with Crippen molar-refractivity contribution in [3.63, 3.8) is 0 Å². The zero-order chi connectivity index (χ0) is 17.4. The zero-order valence-electron chi connectivity index (χ0n) is 14.6. The Bertz CT molecular complexity index is 733. The Morgan fingerprint density at radius 2 is 1.88 bits per heavy atom. The molecule has 7 heteroatoms. The first-order chi connectivity index (χ1) is 12.0. The lowest BCUT2D eigenvalue weighted by Crippen LogP contribution is -2.49. The number of nitrogens with zero attached hydrogens (tertiary/aromatic N) is 1. The third kappa shape index (κ3) is 3.64. The van der Waals surface area contributed by atoms with E-state index < -0.39 is 10.2 Å². The third-order valence-corrected chi connectivity index (χ3v) is 7.06. The van der Waals surface area contributed by atoms with E-state index >= 15 is 0 Å². The molecule has 2 atom stereocenters. The molecule has 1 aliphatic carbocycles. The first kappa shape index (κ1) is 17.1. The molecule has 1 N–H and O–H groups in total. The van der Waals surface area contributed by atoms with Crippen molar-refractivity contribution in [2.24, 2.45) is 5.92 Å². The first-order valence-corrected chi connectivity index (χ1v) is 10.7. The van der Waals surface area contributed by atoms with Gasteiger partial charge in [-0.3, -0.25) is 0 Å². The van der Waals surface area contributed by atoms with Gasteiger partial charge in [-0.25, -0.2) is 0 Å². The van der Waals surface area contributed by atoms with Gasteiger partial charge in [0.2, 0.25) is 0 Å². The summed E-state index contributed by atoms with van der Waals surface area (Å²) in [4.78, 5) is 0. The normalized spacial score (nSPS) is 25.6. The number of hydrogen-bond donors (Lipinski definition) is 1. The van der Waals surface area contributed by atoms with Crippen LogP contribution in [0.1, 0.15) is 50.6 Å². The molecule has 3 aliphatic rings. The molecule has 0 bridgehead atoms. The molecule has 4 rings (SSSR count). The second-order valence-electron chi connectivity index (χ2n) is 7.30. The van der Waals surface area contributed by atoms with Crippen LogP contribution in [-0.2, 0) is 10.2 Å². The molecule has 138 valence electrons. The van der Waals surface area contributed by atoms with Crippen molar-refractivity contribution in [2.75, 3.05) is 19.8 Å². The summed E-state index contributed by atoms with van der Waals surface area (Å²) in [5, 5.41) is 0. The first-order valence-electron chi connectivity index (χ1n) is 9.23. The van der Waals surface area contributed by atoms with Crippen molar-refractivity contribution < 1.29 is 17.9 Å². The number of benzene rings is 1. The average Bonchev–Trinajstić information content (AvgIpc) is 3.44. The summed E-state index contributed by atoms with van der Waals surface area (Å²) in [6.07, 6.45) is 5.07. The fourth-order valence-electron chi connectivity index (χ4n) is 3.78. The molecule has 25 heavy (non-hydrogen) atoms. The van der Waals surface area contributed by atoms with Crippen molar-refractivity contribution >= 4 is 10.2 Å². The molecular formula is C18H26N2O4S. The number of fused-ring (bicyclic) bond motifs is 1. The van der Waals surface area contributed by atoms with Crippen molar-refractivity contribution in [3.05, 3.63) is 23.8 Å². The second-order valence-corrected chi connectivity index (χ2v) is 8.95. The Labute approximate surface area is 149 Å². The smallest absolute Gasteiger partial charge is 0.280 e. The molecule has 0 unspecified atom stereocenters. The van der Waals surface area contributed by atoms with Gasteiger partial charge in [0.15, 0.2) is 11.5 Å². The van der Waals surface area contributed by atoms with Gasteiger partial charge < -0.3 is 9.47 Å². The molecule has 0 aromatic heterocycles. The van der Waals surface area contributed by atoms with Gasteiger partial charge in [0.25, 0.3) is 10.2 Å². The highest BCUT2D eigenvalue weighted by molar-refractivity contribution is 7.87. The van der Waals surface area contributed by atoms with Crippen LogP contribution in [0.4, 0.5) is 0 Å². The largest absolute Gasteiger partial charge is 0.486 e. The van der Waals surface area contributed by atoms with Crippen LogP contribution in [0.5, 0.6) is 11.5 Å². The second kappa shape index (κ2) is 6.78. The molecule has 1 aromatic rings.